The van der Waals surface area contributed by atoms with Crippen LogP contribution in [0.3, 0.4) is 0 Å². The Labute approximate surface area is 116 Å². The maximum absolute atomic E-state index is 6.14. The molecule has 0 saturated carbocycles. The topological polar surface area (TPSA) is 38.7 Å². The Morgan fingerprint density at radius 1 is 1.22 bits per heavy atom. The first kappa shape index (κ1) is 13.3. The van der Waals surface area contributed by atoms with E-state index in [4.69, 9.17) is 11.6 Å². The van der Waals surface area contributed by atoms with Gasteiger partial charge in [0.2, 0.25) is 0 Å². The molecule has 3 nitrogen and oxygen atoms in total. The first-order valence-corrected chi connectivity index (χ1v) is 6.90. The number of halogens is 1. The van der Waals surface area contributed by atoms with E-state index < -0.39 is 0 Å². The molecule has 0 amide bonds. The molecule has 0 fully saturated rings. The fraction of sp³-hybridized carbons (Fsp3) is 0.308. The Morgan fingerprint density at radius 3 is 2.61 bits per heavy atom. The van der Waals surface area contributed by atoms with Crippen LogP contribution in [0.4, 0.5) is 0 Å². The van der Waals surface area contributed by atoms with Crippen molar-refractivity contribution in [3.05, 3.63) is 40.9 Å². The number of nitrogens with zero attached hydrogens (tertiary/aromatic N) is 3. The summed E-state index contributed by atoms with van der Waals surface area (Å²) in [5.74, 6) is 1.02. The van der Waals surface area contributed by atoms with E-state index in [1.54, 1.807) is 6.20 Å². The Balaban J connectivity index is 2.38. The summed E-state index contributed by atoms with van der Waals surface area (Å²) in [6.45, 7) is 6.03. The van der Waals surface area contributed by atoms with Crippen LogP contribution in [0.15, 0.2) is 34.4 Å². The van der Waals surface area contributed by atoms with Crippen LogP contribution in [0.2, 0.25) is 5.15 Å². The highest BCUT2D eigenvalue weighted by atomic mass is 35.5. The third kappa shape index (κ3) is 3.00. The van der Waals surface area contributed by atoms with E-state index in [1.165, 1.54) is 11.8 Å². The number of pyridine rings is 1. The fourth-order valence-electron chi connectivity index (χ4n) is 1.35. The summed E-state index contributed by atoms with van der Waals surface area (Å²) in [5.41, 5.74) is 0.900. The zero-order valence-electron chi connectivity index (χ0n) is 10.5. The predicted octanol–water partition coefficient (Wildman–Crippen LogP) is 4.11. The lowest BCUT2D eigenvalue weighted by atomic mass is 10.2. The van der Waals surface area contributed by atoms with Gasteiger partial charge in [0.25, 0.3) is 0 Å². The molecule has 0 unspecified atom stereocenters. The lowest BCUT2D eigenvalue weighted by Gasteiger charge is -2.10. The lowest BCUT2D eigenvalue weighted by molar-refractivity contribution is 0.747. The fourth-order valence-corrected chi connectivity index (χ4v) is 2.43. The van der Waals surface area contributed by atoms with Crippen molar-refractivity contribution >= 4 is 23.4 Å². The van der Waals surface area contributed by atoms with E-state index in [-0.39, 0.29) is 5.92 Å². The molecule has 18 heavy (non-hydrogen) atoms. The van der Waals surface area contributed by atoms with Gasteiger partial charge in [-0.1, -0.05) is 31.5 Å². The van der Waals surface area contributed by atoms with Crippen LogP contribution in [-0.4, -0.2) is 15.0 Å². The maximum atomic E-state index is 6.14. The van der Waals surface area contributed by atoms with Gasteiger partial charge in [-0.15, -0.1) is 0 Å². The molecule has 0 spiro atoms. The molecule has 2 heterocycles. The molecule has 0 N–H and O–H groups in total. The second-order valence-corrected chi connectivity index (χ2v) is 5.59. The molecule has 2 aromatic heterocycles. The van der Waals surface area contributed by atoms with Crippen molar-refractivity contribution in [2.75, 3.05) is 0 Å². The quantitative estimate of drug-likeness (QED) is 0.793. The molecular weight excluding hydrogens is 266 g/mol. The predicted molar refractivity (Wildman–Crippen MR) is 74.2 cm³/mol. The van der Waals surface area contributed by atoms with E-state index in [0.29, 0.717) is 5.15 Å². The van der Waals surface area contributed by atoms with Gasteiger partial charge >= 0.3 is 0 Å². The molecule has 0 saturated heterocycles. The zero-order valence-corrected chi connectivity index (χ0v) is 12.1. The monoisotopic (exact) mass is 279 g/mol. The van der Waals surface area contributed by atoms with Gasteiger partial charge in [0.05, 0.1) is 0 Å². The van der Waals surface area contributed by atoms with Crippen LogP contribution in [-0.2, 0) is 0 Å². The van der Waals surface area contributed by atoms with E-state index in [2.05, 4.69) is 28.8 Å². The van der Waals surface area contributed by atoms with Gasteiger partial charge in [0.15, 0.2) is 0 Å². The van der Waals surface area contributed by atoms with E-state index >= 15 is 0 Å². The molecule has 0 atom stereocenters. The average molecular weight is 280 g/mol. The highest BCUT2D eigenvalue weighted by Crippen LogP contribution is 2.30. The van der Waals surface area contributed by atoms with E-state index in [1.807, 2.05) is 25.1 Å². The molecule has 0 aliphatic heterocycles. The second kappa shape index (κ2) is 5.67. The minimum Gasteiger partial charge on any atom is -0.250 e. The standard InChI is InChI=1S/C13H14ClN3S/c1-8(2)12-16-11(14)9(3)13(17-12)18-10-6-4-5-7-15-10/h4-8H,1-3H3. The zero-order chi connectivity index (χ0) is 13.1. The number of rotatable bonds is 3. The third-order valence-corrected chi connectivity index (χ3v) is 3.82. The summed E-state index contributed by atoms with van der Waals surface area (Å²) < 4.78 is 0. The summed E-state index contributed by atoms with van der Waals surface area (Å²) in [5, 5.41) is 2.30. The maximum Gasteiger partial charge on any atom is 0.136 e. The molecule has 94 valence electrons. The first-order chi connectivity index (χ1) is 8.58. The van der Waals surface area contributed by atoms with Crippen LogP contribution in [0.25, 0.3) is 0 Å². The van der Waals surface area contributed by atoms with Crippen molar-refractivity contribution in [3.8, 4) is 0 Å². The molecule has 5 heteroatoms. The number of aromatic nitrogens is 3. The number of hydrogen-bond acceptors (Lipinski definition) is 4. The molecular formula is C13H14ClN3S. The van der Waals surface area contributed by atoms with Crippen LogP contribution < -0.4 is 0 Å². The molecule has 0 aromatic carbocycles. The Hall–Kier alpha value is -1.13. The van der Waals surface area contributed by atoms with Crippen LogP contribution in [0, 0.1) is 6.92 Å². The van der Waals surface area contributed by atoms with Crippen molar-refractivity contribution in [1.82, 2.24) is 15.0 Å². The van der Waals surface area contributed by atoms with Gasteiger partial charge < -0.3 is 0 Å². The molecule has 0 aliphatic rings. The van der Waals surface area contributed by atoms with Gasteiger partial charge in [-0.3, -0.25) is 0 Å². The Morgan fingerprint density at radius 2 is 2.00 bits per heavy atom. The minimum absolute atomic E-state index is 0.256. The summed E-state index contributed by atoms with van der Waals surface area (Å²) in [7, 11) is 0. The summed E-state index contributed by atoms with van der Waals surface area (Å²) in [6.07, 6.45) is 1.77. The second-order valence-electron chi connectivity index (χ2n) is 4.23. The summed E-state index contributed by atoms with van der Waals surface area (Å²) in [6, 6.07) is 5.80. The molecule has 2 rings (SSSR count). The van der Waals surface area contributed by atoms with Crippen LogP contribution >= 0.6 is 23.4 Å². The molecule has 0 radical (unpaired) electrons. The highest BCUT2D eigenvalue weighted by Gasteiger charge is 2.13. The van der Waals surface area contributed by atoms with Crippen molar-refractivity contribution in [2.24, 2.45) is 0 Å². The molecule has 0 bridgehead atoms. The highest BCUT2D eigenvalue weighted by molar-refractivity contribution is 7.99. The van der Waals surface area contributed by atoms with Crippen molar-refractivity contribution in [1.29, 1.82) is 0 Å². The van der Waals surface area contributed by atoms with Gasteiger partial charge in [0, 0.05) is 17.7 Å². The van der Waals surface area contributed by atoms with Gasteiger partial charge in [-0.25, -0.2) is 15.0 Å². The van der Waals surface area contributed by atoms with Crippen LogP contribution in [0.1, 0.15) is 31.2 Å². The van der Waals surface area contributed by atoms with Crippen LogP contribution in [0.5, 0.6) is 0 Å². The minimum atomic E-state index is 0.256. The van der Waals surface area contributed by atoms with Gasteiger partial charge in [0.1, 0.15) is 21.0 Å². The van der Waals surface area contributed by atoms with Gasteiger partial charge in [-0.05, 0) is 30.8 Å². The lowest BCUT2D eigenvalue weighted by Crippen LogP contribution is -2.01. The number of hydrogen-bond donors (Lipinski definition) is 0. The van der Waals surface area contributed by atoms with Crippen molar-refractivity contribution in [3.63, 3.8) is 0 Å². The average Bonchev–Trinajstić information content (AvgIpc) is 2.35. The molecule has 0 aliphatic carbocycles. The Bertz CT molecular complexity index is 543. The SMILES string of the molecule is Cc1c(Cl)nc(C(C)C)nc1Sc1ccccn1. The van der Waals surface area contributed by atoms with E-state index in [9.17, 15) is 0 Å². The van der Waals surface area contributed by atoms with Crippen molar-refractivity contribution in [2.45, 2.75) is 36.7 Å². The normalized spacial score (nSPS) is 10.9. The third-order valence-electron chi connectivity index (χ3n) is 2.41. The van der Waals surface area contributed by atoms with E-state index in [0.717, 1.165) is 21.4 Å². The summed E-state index contributed by atoms with van der Waals surface area (Å²) in [4.78, 5) is 13.1. The smallest absolute Gasteiger partial charge is 0.136 e. The van der Waals surface area contributed by atoms with Crippen molar-refractivity contribution < 1.29 is 0 Å². The molecule has 2 aromatic rings. The first-order valence-electron chi connectivity index (χ1n) is 5.71. The van der Waals surface area contributed by atoms with Gasteiger partial charge in [-0.2, -0.15) is 0 Å². The Kier molecular flexibility index (Phi) is 4.19. The largest absolute Gasteiger partial charge is 0.250 e. The summed E-state index contributed by atoms with van der Waals surface area (Å²) >= 11 is 7.66.